The van der Waals surface area contributed by atoms with Crippen LogP contribution in [0, 0.1) is 22.7 Å². The molecule has 1 atom stereocenters. The fourth-order valence-corrected chi connectivity index (χ4v) is 2.39. The summed E-state index contributed by atoms with van der Waals surface area (Å²) in [5.74, 6) is -2.17. The van der Waals surface area contributed by atoms with E-state index in [4.69, 9.17) is 10.00 Å². The van der Waals surface area contributed by atoms with Crippen molar-refractivity contribution < 1.29 is 40.6 Å². The second-order valence-electron chi connectivity index (χ2n) is 6.58. The first-order chi connectivity index (χ1) is 14.8. The van der Waals surface area contributed by atoms with Crippen molar-refractivity contribution in [2.75, 3.05) is 6.61 Å². The van der Waals surface area contributed by atoms with Gasteiger partial charge >= 0.3 is 12.5 Å². The van der Waals surface area contributed by atoms with Gasteiger partial charge in [-0.15, -0.1) is 13.2 Å². The molecule has 0 heterocycles. The molecule has 0 saturated carbocycles. The van der Waals surface area contributed by atoms with Crippen LogP contribution in [0.5, 0.6) is 11.5 Å². The van der Waals surface area contributed by atoms with Gasteiger partial charge in [-0.25, -0.2) is 0 Å². The molecule has 0 aliphatic rings. The minimum absolute atomic E-state index is 0.114. The number of carbonyl (C=O) groups excluding carboxylic acids is 1. The van der Waals surface area contributed by atoms with Crippen LogP contribution in [0.4, 0.5) is 26.3 Å². The van der Waals surface area contributed by atoms with E-state index < -0.39 is 47.7 Å². The number of nitrogens with one attached hydrogen (secondary N) is 1. The summed E-state index contributed by atoms with van der Waals surface area (Å²) < 4.78 is 84.9. The summed E-state index contributed by atoms with van der Waals surface area (Å²) in [6.45, 7) is 0.454. The largest absolute Gasteiger partial charge is 0.573 e. The quantitative estimate of drug-likeness (QED) is 0.642. The van der Waals surface area contributed by atoms with Gasteiger partial charge in [0.1, 0.15) is 18.1 Å². The fourth-order valence-electron chi connectivity index (χ4n) is 2.39. The second-order valence-corrected chi connectivity index (χ2v) is 6.58. The molecule has 6 nitrogen and oxygen atoms in total. The molecule has 0 aliphatic heterocycles. The third kappa shape index (κ3) is 6.54. The lowest BCUT2D eigenvalue weighted by Gasteiger charge is -2.24. The molecule has 0 saturated heterocycles. The van der Waals surface area contributed by atoms with E-state index in [1.807, 2.05) is 0 Å². The molecule has 0 aliphatic carbocycles. The van der Waals surface area contributed by atoms with Crippen LogP contribution < -0.4 is 14.8 Å². The number of hydrogen-bond donors (Lipinski definition) is 1. The van der Waals surface area contributed by atoms with Crippen molar-refractivity contribution in [3.05, 3.63) is 59.2 Å². The maximum atomic E-state index is 13.2. The summed E-state index contributed by atoms with van der Waals surface area (Å²) in [4.78, 5) is 12.3. The molecule has 168 valence electrons. The number of benzene rings is 2. The van der Waals surface area contributed by atoms with Crippen molar-refractivity contribution in [2.45, 2.75) is 25.0 Å². The molecule has 1 N–H and O–H groups in total. The van der Waals surface area contributed by atoms with Gasteiger partial charge in [0.05, 0.1) is 23.3 Å². The van der Waals surface area contributed by atoms with E-state index in [-0.39, 0.29) is 11.1 Å². The first kappa shape index (κ1) is 24.3. The van der Waals surface area contributed by atoms with E-state index in [1.54, 1.807) is 12.1 Å². The molecule has 0 fully saturated rings. The zero-order valence-corrected chi connectivity index (χ0v) is 16.1. The lowest BCUT2D eigenvalue weighted by molar-refractivity contribution is -0.274. The molecule has 12 heteroatoms. The number of nitrogens with zero attached hydrogens (tertiary/aromatic N) is 2. The second kappa shape index (κ2) is 9.06. The summed E-state index contributed by atoms with van der Waals surface area (Å²) in [6, 6.07) is 9.60. The molecule has 0 bridgehead atoms. The van der Waals surface area contributed by atoms with Gasteiger partial charge < -0.3 is 14.8 Å². The highest BCUT2D eigenvalue weighted by molar-refractivity contribution is 5.95. The highest BCUT2D eigenvalue weighted by atomic mass is 19.4. The summed E-state index contributed by atoms with van der Waals surface area (Å²) >= 11 is 0. The van der Waals surface area contributed by atoms with Gasteiger partial charge in [-0.05, 0) is 49.4 Å². The van der Waals surface area contributed by atoms with E-state index in [0.29, 0.717) is 6.07 Å². The van der Waals surface area contributed by atoms with Gasteiger partial charge in [0.25, 0.3) is 5.91 Å². The standard InChI is InChI=1S/C20H13F6N3O3/c1-18(10-28,11-31-16-8-12(9-27)2-7-15(16)19(21,22)23)29-17(30)13-3-5-14(6-4-13)32-20(24,25)26/h2-8H,11H2,1H3,(H,29,30). The monoisotopic (exact) mass is 457 g/mol. The Morgan fingerprint density at radius 1 is 1.03 bits per heavy atom. The van der Waals surface area contributed by atoms with Gasteiger partial charge in [0.15, 0.2) is 5.54 Å². The predicted molar refractivity (Wildman–Crippen MR) is 96.3 cm³/mol. The minimum atomic E-state index is -4.92. The summed E-state index contributed by atoms with van der Waals surface area (Å²) in [7, 11) is 0. The number of nitriles is 2. The van der Waals surface area contributed by atoms with Crippen LogP contribution in [-0.2, 0) is 6.18 Å². The highest BCUT2D eigenvalue weighted by Gasteiger charge is 2.36. The van der Waals surface area contributed by atoms with Crippen molar-refractivity contribution in [2.24, 2.45) is 0 Å². The van der Waals surface area contributed by atoms with Crippen LogP contribution in [0.2, 0.25) is 0 Å². The molecule has 2 aromatic rings. The molecular weight excluding hydrogens is 444 g/mol. The topological polar surface area (TPSA) is 95.1 Å². The SMILES string of the molecule is CC(C#N)(COc1cc(C#N)ccc1C(F)(F)F)NC(=O)c1ccc(OC(F)(F)F)cc1. The Hall–Kier alpha value is -3.93. The smallest absolute Gasteiger partial charge is 0.489 e. The number of amides is 1. The Labute approximate surface area is 177 Å². The van der Waals surface area contributed by atoms with Crippen molar-refractivity contribution in [3.63, 3.8) is 0 Å². The number of carbonyl (C=O) groups is 1. The summed E-state index contributed by atoms with van der Waals surface area (Å²) in [5, 5.41) is 20.5. The number of rotatable bonds is 6. The van der Waals surface area contributed by atoms with E-state index >= 15 is 0 Å². The number of halogens is 6. The van der Waals surface area contributed by atoms with Gasteiger partial charge in [-0.2, -0.15) is 23.7 Å². The summed E-state index contributed by atoms with van der Waals surface area (Å²) in [6.07, 6.45) is -9.71. The van der Waals surface area contributed by atoms with Crippen LogP contribution in [0.25, 0.3) is 0 Å². The van der Waals surface area contributed by atoms with Crippen LogP contribution in [0.15, 0.2) is 42.5 Å². The van der Waals surface area contributed by atoms with Crippen molar-refractivity contribution >= 4 is 5.91 Å². The van der Waals surface area contributed by atoms with Gasteiger partial charge in [0, 0.05) is 5.56 Å². The molecule has 0 aromatic heterocycles. The van der Waals surface area contributed by atoms with Crippen LogP contribution in [0.3, 0.4) is 0 Å². The third-order valence-electron chi connectivity index (χ3n) is 3.92. The lowest BCUT2D eigenvalue weighted by Crippen LogP contribution is -2.49. The van der Waals surface area contributed by atoms with Gasteiger partial charge in [-0.1, -0.05) is 0 Å². The van der Waals surface area contributed by atoms with Gasteiger partial charge in [-0.3, -0.25) is 4.79 Å². The Morgan fingerprint density at radius 2 is 1.66 bits per heavy atom. The maximum Gasteiger partial charge on any atom is 0.573 e. The summed E-state index contributed by atoms with van der Waals surface area (Å²) in [5.41, 5.74) is -3.24. The molecule has 2 aromatic carbocycles. The number of ether oxygens (including phenoxy) is 2. The number of alkyl halides is 6. The molecule has 32 heavy (non-hydrogen) atoms. The molecular formula is C20H13F6N3O3. The van der Waals surface area contributed by atoms with E-state index in [0.717, 1.165) is 36.4 Å². The Morgan fingerprint density at radius 3 is 2.16 bits per heavy atom. The van der Waals surface area contributed by atoms with E-state index in [2.05, 4.69) is 10.1 Å². The minimum Gasteiger partial charge on any atom is -0.489 e. The zero-order chi connectivity index (χ0) is 24.2. The Kier molecular flexibility index (Phi) is 6.89. The molecule has 1 unspecified atom stereocenters. The Bertz CT molecular complexity index is 1070. The average molecular weight is 457 g/mol. The molecule has 0 radical (unpaired) electrons. The van der Waals surface area contributed by atoms with E-state index in [1.165, 1.54) is 6.92 Å². The van der Waals surface area contributed by atoms with Crippen LogP contribution in [0.1, 0.15) is 28.4 Å². The van der Waals surface area contributed by atoms with E-state index in [9.17, 15) is 36.4 Å². The maximum absolute atomic E-state index is 13.2. The third-order valence-corrected chi connectivity index (χ3v) is 3.92. The lowest BCUT2D eigenvalue weighted by atomic mass is 10.0. The zero-order valence-electron chi connectivity index (χ0n) is 16.1. The van der Waals surface area contributed by atoms with Crippen LogP contribution in [-0.4, -0.2) is 24.4 Å². The molecule has 2 rings (SSSR count). The fraction of sp³-hybridized carbons (Fsp3) is 0.250. The van der Waals surface area contributed by atoms with Gasteiger partial charge in [0.2, 0.25) is 0 Å². The molecule has 1 amide bonds. The molecule has 0 spiro atoms. The van der Waals surface area contributed by atoms with Crippen molar-refractivity contribution in [1.82, 2.24) is 5.32 Å². The first-order valence-corrected chi connectivity index (χ1v) is 8.60. The number of hydrogen-bond acceptors (Lipinski definition) is 5. The predicted octanol–water partition coefficient (Wildman–Crippen LogP) is 4.57. The normalized spacial score (nSPS) is 13.3. The van der Waals surface area contributed by atoms with Crippen molar-refractivity contribution in [1.29, 1.82) is 10.5 Å². The first-order valence-electron chi connectivity index (χ1n) is 8.60. The Balaban J connectivity index is 2.16. The highest BCUT2D eigenvalue weighted by Crippen LogP contribution is 2.37. The van der Waals surface area contributed by atoms with Crippen LogP contribution >= 0.6 is 0 Å². The average Bonchev–Trinajstić information content (AvgIpc) is 2.70. The van der Waals surface area contributed by atoms with Crippen molar-refractivity contribution in [3.8, 4) is 23.6 Å².